The number of hydrogen-bond acceptors (Lipinski definition) is 8. The molecule has 1 aliphatic rings. The van der Waals surface area contributed by atoms with Crippen LogP contribution >= 0.6 is 0 Å². The Bertz CT molecular complexity index is 1620. The van der Waals surface area contributed by atoms with Crippen molar-refractivity contribution in [2.75, 3.05) is 32.1 Å². The van der Waals surface area contributed by atoms with Crippen LogP contribution in [0.4, 0.5) is 10.2 Å². The van der Waals surface area contributed by atoms with Gasteiger partial charge < -0.3 is 19.2 Å². The number of nitrogens with one attached hydrogen (secondary N) is 1. The van der Waals surface area contributed by atoms with E-state index < -0.39 is 11.7 Å². The number of aromatic nitrogens is 5. The maximum atomic E-state index is 15.4. The van der Waals surface area contributed by atoms with E-state index in [1.165, 1.54) is 17.0 Å². The zero-order valence-electron chi connectivity index (χ0n) is 23.8. The molecule has 0 bridgehead atoms. The van der Waals surface area contributed by atoms with Crippen LogP contribution in [0.1, 0.15) is 49.3 Å². The number of carbonyl (C=O) groups is 2. The topological polar surface area (TPSA) is 124 Å². The Kier molecular flexibility index (Phi) is 7.33. The molecule has 0 radical (unpaired) electrons. The SMILES string of the molecule is C=CC(=O)N(C)[C@@H]1CCN(c2n[nH]c3nccc(-c4ccc(CN(C)C(=O)c5nc(C(C)(C)C)no5)c(F)c4)c23)C1. The molecule has 1 saturated heterocycles. The molecule has 0 spiro atoms. The lowest BCUT2D eigenvalue weighted by molar-refractivity contribution is -0.126. The molecule has 0 saturated carbocycles. The molecule has 0 aliphatic carbocycles. The highest BCUT2D eigenvalue weighted by molar-refractivity contribution is 6.01. The van der Waals surface area contributed by atoms with Crippen LogP contribution in [0.3, 0.4) is 0 Å². The molecule has 1 fully saturated rings. The minimum Gasteiger partial charge on any atom is -0.352 e. The molecule has 11 nitrogen and oxygen atoms in total. The molecule has 4 aromatic rings. The van der Waals surface area contributed by atoms with E-state index in [1.807, 2.05) is 32.9 Å². The van der Waals surface area contributed by atoms with Crippen molar-refractivity contribution in [3.8, 4) is 11.1 Å². The zero-order chi connectivity index (χ0) is 29.5. The van der Waals surface area contributed by atoms with Crippen LogP contribution in [-0.4, -0.2) is 80.2 Å². The Labute approximate surface area is 237 Å². The number of pyridine rings is 1. The molecule has 5 rings (SSSR count). The molecule has 214 valence electrons. The molecule has 4 heterocycles. The van der Waals surface area contributed by atoms with Crippen molar-refractivity contribution in [1.29, 1.82) is 0 Å². The fourth-order valence-electron chi connectivity index (χ4n) is 4.93. The van der Waals surface area contributed by atoms with E-state index in [1.54, 1.807) is 31.3 Å². The van der Waals surface area contributed by atoms with Gasteiger partial charge in [-0.3, -0.25) is 14.7 Å². The number of rotatable bonds is 7. The molecule has 2 amide bonds. The van der Waals surface area contributed by atoms with E-state index >= 15 is 4.39 Å². The summed E-state index contributed by atoms with van der Waals surface area (Å²) >= 11 is 0. The highest BCUT2D eigenvalue weighted by Crippen LogP contribution is 2.35. The summed E-state index contributed by atoms with van der Waals surface area (Å²) in [7, 11) is 3.33. The van der Waals surface area contributed by atoms with Crippen LogP contribution in [-0.2, 0) is 16.8 Å². The molecule has 1 atom stereocenters. The lowest BCUT2D eigenvalue weighted by atomic mass is 9.96. The number of likely N-dealkylation sites (N-methyl/N-ethyl adjacent to an activating group) is 1. The quantitative estimate of drug-likeness (QED) is 0.337. The lowest BCUT2D eigenvalue weighted by Gasteiger charge is -2.23. The summed E-state index contributed by atoms with van der Waals surface area (Å²) in [6.07, 6.45) is 3.75. The lowest BCUT2D eigenvalue weighted by Crippen LogP contribution is -2.38. The van der Waals surface area contributed by atoms with Crippen LogP contribution in [0.15, 0.2) is 47.6 Å². The van der Waals surface area contributed by atoms with Crippen molar-refractivity contribution in [1.82, 2.24) is 35.1 Å². The second kappa shape index (κ2) is 10.8. The van der Waals surface area contributed by atoms with Crippen LogP contribution in [0.5, 0.6) is 0 Å². The maximum absolute atomic E-state index is 15.4. The van der Waals surface area contributed by atoms with Gasteiger partial charge in [0.05, 0.1) is 11.4 Å². The molecule has 12 heteroatoms. The number of hydrogen-bond donors (Lipinski definition) is 1. The highest BCUT2D eigenvalue weighted by Gasteiger charge is 2.31. The first-order valence-electron chi connectivity index (χ1n) is 13.3. The third-order valence-corrected chi connectivity index (χ3v) is 7.37. The first-order chi connectivity index (χ1) is 19.5. The summed E-state index contributed by atoms with van der Waals surface area (Å²) in [5.74, 6) is -0.0718. The van der Waals surface area contributed by atoms with E-state index in [0.29, 0.717) is 41.5 Å². The van der Waals surface area contributed by atoms with E-state index in [9.17, 15) is 9.59 Å². The number of amides is 2. The standard InChI is InChI=1S/C29H33FN8O3/c1-7-22(39)37(6)19-11-13-38(16-19)25-23-20(10-12-31-24(23)33-34-25)17-8-9-18(21(30)14-17)15-36(5)27(40)26-32-28(35-41-26)29(2,3)4/h7-10,12,14,19H,1,11,13,15-16H2,2-6H3,(H,31,33,34)/t19-/m1/s1. The fraction of sp³-hybridized carbons (Fsp3) is 0.379. The summed E-state index contributed by atoms with van der Waals surface area (Å²) in [6, 6.07) is 6.78. The van der Waals surface area contributed by atoms with Gasteiger partial charge in [-0.1, -0.05) is 44.6 Å². The molecule has 41 heavy (non-hydrogen) atoms. The van der Waals surface area contributed by atoms with Crippen LogP contribution in [0, 0.1) is 5.82 Å². The van der Waals surface area contributed by atoms with Crippen molar-refractivity contribution in [3.63, 3.8) is 0 Å². The number of H-pyrrole nitrogens is 1. The zero-order valence-corrected chi connectivity index (χ0v) is 23.8. The Balaban J connectivity index is 1.37. The third-order valence-electron chi connectivity index (χ3n) is 7.37. The summed E-state index contributed by atoms with van der Waals surface area (Å²) in [5.41, 5.74) is 1.98. The first kappa shape index (κ1) is 27.9. The van der Waals surface area contributed by atoms with E-state index in [2.05, 4.69) is 36.8 Å². The number of nitrogens with zero attached hydrogens (tertiary/aromatic N) is 7. The summed E-state index contributed by atoms with van der Waals surface area (Å²) in [4.78, 5) is 38.7. The first-order valence-corrected chi connectivity index (χ1v) is 13.3. The molecule has 1 N–H and O–H groups in total. The van der Waals surface area contributed by atoms with Gasteiger partial charge in [-0.05, 0) is 35.8 Å². The molecule has 1 aromatic carbocycles. The Morgan fingerprint density at radius 3 is 2.73 bits per heavy atom. The van der Waals surface area contributed by atoms with Gasteiger partial charge in [0.15, 0.2) is 17.3 Å². The predicted molar refractivity (Wildman–Crippen MR) is 152 cm³/mol. The normalized spacial score (nSPS) is 15.4. The van der Waals surface area contributed by atoms with Gasteiger partial charge in [0, 0.05) is 50.9 Å². The van der Waals surface area contributed by atoms with Crippen molar-refractivity contribution in [2.45, 2.75) is 45.2 Å². The Morgan fingerprint density at radius 1 is 1.27 bits per heavy atom. The Hall–Kier alpha value is -4.61. The van der Waals surface area contributed by atoms with Crippen molar-refractivity contribution >= 4 is 28.7 Å². The van der Waals surface area contributed by atoms with Gasteiger partial charge in [-0.25, -0.2) is 9.37 Å². The fourth-order valence-corrected chi connectivity index (χ4v) is 4.93. The minimum absolute atomic E-state index is 0.0208. The van der Waals surface area contributed by atoms with Crippen LogP contribution in [0.2, 0.25) is 0 Å². The Morgan fingerprint density at radius 2 is 2.05 bits per heavy atom. The van der Waals surface area contributed by atoms with Crippen molar-refractivity contribution < 1.29 is 18.5 Å². The predicted octanol–water partition coefficient (Wildman–Crippen LogP) is 3.94. The second-order valence-corrected chi connectivity index (χ2v) is 11.3. The van der Waals surface area contributed by atoms with E-state index in [-0.39, 0.29) is 29.8 Å². The summed E-state index contributed by atoms with van der Waals surface area (Å²) < 4.78 is 20.6. The van der Waals surface area contributed by atoms with Gasteiger partial charge in [-0.2, -0.15) is 10.1 Å². The number of halogens is 1. The number of anilines is 1. The smallest absolute Gasteiger partial charge is 0.316 e. The summed E-state index contributed by atoms with van der Waals surface area (Å²) in [6.45, 7) is 10.7. The molecule has 3 aromatic heterocycles. The number of benzene rings is 1. The summed E-state index contributed by atoms with van der Waals surface area (Å²) in [5, 5.41) is 12.2. The number of fused-ring (bicyclic) bond motifs is 1. The molecule has 1 aliphatic heterocycles. The number of aromatic amines is 1. The second-order valence-electron chi connectivity index (χ2n) is 11.3. The van der Waals surface area contributed by atoms with Gasteiger partial charge in [0.1, 0.15) is 5.82 Å². The maximum Gasteiger partial charge on any atom is 0.316 e. The van der Waals surface area contributed by atoms with Gasteiger partial charge in [0.2, 0.25) is 5.91 Å². The third kappa shape index (κ3) is 5.41. The molecular formula is C29H33FN8O3. The van der Waals surface area contributed by atoms with E-state index in [4.69, 9.17) is 4.52 Å². The molecular weight excluding hydrogens is 527 g/mol. The van der Waals surface area contributed by atoms with Crippen molar-refractivity contribution in [2.24, 2.45) is 0 Å². The average Bonchev–Trinajstić information content (AvgIpc) is 3.72. The largest absolute Gasteiger partial charge is 0.352 e. The van der Waals surface area contributed by atoms with Gasteiger partial charge in [-0.15, -0.1) is 0 Å². The van der Waals surface area contributed by atoms with E-state index in [0.717, 1.165) is 17.4 Å². The monoisotopic (exact) mass is 560 g/mol. The molecule has 0 unspecified atom stereocenters. The van der Waals surface area contributed by atoms with Crippen molar-refractivity contribution in [3.05, 3.63) is 66.2 Å². The van der Waals surface area contributed by atoms with Gasteiger partial charge in [0.25, 0.3) is 0 Å². The van der Waals surface area contributed by atoms with Gasteiger partial charge >= 0.3 is 11.8 Å². The average molecular weight is 561 g/mol. The number of carbonyl (C=O) groups excluding carboxylic acids is 2. The minimum atomic E-state index is -0.486. The van der Waals surface area contributed by atoms with Crippen LogP contribution in [0.25, 0.3) is 22.2 Å². The van der Waals surface area contributed by atoms with Crippen LogP contribution < -0.4 is 4.90 Å². The highest BCUT2D eigenvalue weighted by atomic mass is 19.1.